The second kappa shape index (κ2) is 6.13. The molecule has 2 heterocycles. The van der Waals surface area contributed by atoms with Gasteiger partial charge in [-0.2, -0.15) is 11.3 Å². The number of fused-ring (bicyclic) bond motifs is 3. The van der Waals surface area contributed by atoms with E-state index in [1.165, 1.54) is 5.56 Å². The highest BCUT2D eigenvalue weighted by molar-refractivity contribution is 7.07. The normalized spacial score (nSPS) is 11.2. The van der Waals surface area contributed by atoms with E-state index < -0.39 is 0 Å². The van der Waals surface area contributed by atoms with Gasteiger partial charge in [0.2, 0.25) is 5.91 Å². The second-order valence-corrected chi connectivity index (χ2v) is 6.76. The Labute approximate surface area is 144 Å². The van der Waals surface area contributed by atoms with E-state index in [4.69, 9.17) is 4.42 Å². The fourth-order valence-electron chi connectivity index (χ4n) is 3.05. The third-order valence-corrected chi connectivity index (χ3v) is 5.04. The van der Waals surface area contributed by atoms with Crippen LogP contribution in [0.5, 0.6) is 0 Å². The predicted octanol–water partition coefficient (Wildman–Crippen LogP) is 4.85. The Morgan fingerprint density at radius 2 is 2.04 bits per heavy atom. The molecule has 2 aromatic heterocycles. The van der Waals surface area contributed by atoms with E-state index in [1.54, 1.807) is 22.5 Å². The van der Waals surface area contributed by atoms with Crippen molar-refractivity contribution in [2.24, 2.45) is 0 Å². The van der Waals surface area contributed by atoms with E-state index >= 15 is 0 Å². The van der Waals surface area contributed by atoms with E-state index in [1.807, 2.05) is 30.6 Å². The van der Waals surface area contributed by atoms with Gasteiger partial charge in [0.05, 0.1) is 12.7 Å². The summed E-state index contributed by atoms with van der Waals surface area (Å²) in [6.07, 6.45) is 2.06. The van der Waals surface area contributed by atoms with Crippen molar-refractivity contribution in [3.8, 4) is 0 Å². The molecule has 0 saturated heterocycles. The highest BCUT2D eigenvalue weighted by Crippen LogP contribution is 2.30. The van der Waals surface area contributed by atoms with Crippen LogP contribution in [0.25, 0.3) is 21.7 Å². The van der Waals surface area contributed by atoms with Gasteiger partial charge in [-0.25, -0.2) is 0 Å². The SMILES string of the molecule is CN(Cc1ccsc1)C(=O)Cc1coc2ccc3ccccc3c12. The minimum Gasteiger partial charge on any atom is -0.464 e. The fourth-order valence-corrected chi connectivity index (χ4v) is 3.71. The van der Waals surface area contributed by atoms with Crippen LogP contribution in [-0.4, -0.2) is 17.9 Å². The number of furan rings is 1. The molecule has 4 heteroatoms. The summed E-state index contributed by atoms with van der Waals surface area (Å²) in [5, 5.41) is 7.44. The molecule has 0 bridgehead atoms. The zero-order valence-corrected chi connectivity index (χ0v) is 14.2. The summed E-state index contributed by atoms with van der Waals surface area (Å²) in [7, 11) is 1.85. The lowest BCUT2D eigenvalue weighted by atomic mass is 10.0. The molecule has 2 aromatic carbocycles. The molecule has 0 aliphatic rings. The van der Waals surface area contributed by atoms with Crippen molar-refractivity contribution in [1.82, 2.24) is 4.90 Å². The van der Waals surface area contributed by atoms with Crippen LogP contribution in [0.15, 0.2) is 63.9 Å². The summed E-state index contributed by atoms with van der Waals surface area (Å²) in [5.41, 5.74) is 2.94. The molecule has 0 unspecified atom stereocenters. The topological polar surface area (TPSA) is 33.5 Å². The lowest BCUT2D eigenvalue weighted by Crippen LogP contribution is -2.27. The molecule has 0 saturated carbocycles. The number of hydrogen-bond acceptors (Lipinski definition) is 3. The molecule has 24 heavy (non-hydrogen) atoms. The monoisotopic (exact) mass is 335 g/mol. The number of amides is 1. The van der Waals surface area contributed by atoms with E-state index in [0.29, 0.717) is 13.0 Å². The van der Waals surface area contributed by atoms with Gasteiger partial charge in [0.15, 0.2) is 0 Å². The smallest absolute Gasteiger partial charge is 0.227 e. The van der Waals surface area contributed by atoms with Crippen molar-refractivity contribution in [2.45, 2.75) is 13.0 Å². The highest BCUT2D eigenvalue weighted by atomic mass is 32.1. The summed E-state index contributed by atoms with van der Waals surface area (Å²) in [4.78, 5) is 14.4. The fraction of sp³-hybridized carbons (Fsp3) is 0.150. The van der Waals surface area contributed by atoms with Crippen molar-refractivity contribution in [2.75, 3.05) is 7.05 Å². The first-order valence-corrected chi connectivity index (χ1v) is 8.79. The van der Waals surface area contributed by atoms with Gasteiger partial charge in [0, 0.05) is 24.5 Å². The van der Waals surface area contributed by atoms with Crippen molar-refractivity contribution in [3.63, 3.8) is 0 Å². The Morgan fingerprint density at radius 1 is 1.17 bits per heavy atom. The van der Waals surface area contributed by atoms with Crippen LogP contribution in [0, 0.1) is 0 Å². The summed E-state index contributed by atoms with van der Waals surface area (Å²) >= 11 is 1.65. The standard InChI is InChI=1S/C20H17NO2S/c1-21(11-14-8-9-24-13-14)19(22)10-16-12-23-18-7-6-15-4-2-3-5-17(15)20(16)18/h2-9,12-13H,10-11H2,1H3. The maximum atomic E-state index is 12.6. The van der Waals surface area contributed by atoms with Crippen molar-refractivity contribution >= 4 is 39.0 Å². The molecule has 1 amide bonds. The molecule has 3 nitrogen and oxygen atoms in total. The average molecular weight is 335 g/mol. The molecule has 4 rings (SSSR count). The molecule has 0 aliphatic carbocycles. The number of likely N-dealkylation sites (N-methyl/N-ethyl adjacent to an activating group) is 1. The Hall–Kier alpha value is -2.59. The zero-order valence-electron chi connectivity index (χ0n) is 13.4. The van der Waals surface area contributed by atoms with Gasteiger partial charge >= 0.3 is 0 Å². The number of nitrogens with zero attached hydrogens (tertiary/aromatic N) is 1. The Balaban J connectivity index is 1.64. The third-order valence-electron chi connectivity index (χ3n) is 4.31. The van der Waals surface area contributed by atoms with Crippen molar-refractivity contribution in [3.05, 3.63) is 70.6 Å². The van der Waals surface area contributed by atoms with E-state index in [-0.39, 0.29) is 5.91 Å². The number of thiophene rings is 1. The van der Waals surface area contributed by atoms with E-state index in [0.717, 1.165) is 27.3 Å². The average Bonchev–Trinajstić information content (AvgIpc) is 3.25. The second-order valence-electron chi connectivity index (χ2n) is 5.98. The van der Waals surface area contributed by atoms with Crippen LogP contribution in [0.1, 0.15) is 11.1 Å². The van der Waals surface area contributed by atoms with Gasteiger partial charge in [-0.15, -0.1) is 0 Å². The van der Waals surface area contributed by atoms with Crippen molar-refractivity contribution < 1.29 is 9.21 Å². The molecule has 0 N–H and O–H groups in total. The largest absolute Gasteiger partial charge is 0.464 e. The predicted molar refractivity (Wildman–Crippen MR) is 98.2 cm³/mol. The highest BCUT2D eigenvalue weighted by Gasteiger charge is 2.16. The molecule has 120 valence electrons. The van der Waals surface area contributed by atoms with Crippen LogP contribution in [0.4, 0.5) is 0 Å². The zero-order chi connectivity index (χ0) is 16.5. The number of benzene rings is 2. The van der Waals surface area contributed by atoms with Gasteiger partial charge in [-0.1, -0.05) is 30.3 Å². The molecular weight excluding hydrogens is 318 g/mol. The van der Waals surface area contributed by atoms with Gasteiger partial charge < -0.3 is 9.32 Å². The van der Waals surface area contributed by atoms with Crippen LogP contribution < -0.4 is 0 Å². The van der Waals surface area contributed by atoms with Gasteiger partial charge in [-0.05, 0) is 39.2 Å². The summed E-state index contributed by atoms with van der Waals surface area (Å²) in [5.74, 6) is 0.0943. The lowest BCUT2D eigenvalue weighted by Gasteiger charge is -2.16. The van der Waals surface area contributed by atoms with Crippen LogP contribution in [0.3, 0.4) is 0 Å². The molecule has 0 fully saturated rings. The Morgan fingerprint density at radius 3 is 2.88 bits per heavy atom. The summed E-state index contributed by atoms with van der Waals surface area (Å²) in [6, 6.07) is 14.3. The van der Waals surface area contributed by atoms with Gasteiger partial charge in [-0.3, -0.25) is 4.79 Å². The lowest BCUT2D eigenvalue weighted by molar-refractivity contribution is -0.129. The maximum absolute atomic E-state index is 12.6. The maximum Gasteiger partial charge on any atom is 0.227 e. The Bertz CT molecular complexity index is 1000. The minimum atomic E-state index is 0.0943. The first-order valence-electron chi connectivity index (χ1n) is 7.85. The van der Waals surface area contributed by atoms with Crippen LogP contribution in [0.2, 0.25) is 0 Å². The third kappa shape index (κ3) is 2.69. The minimum absolute atomic E-state index is 0.0943. The molecule has 0 radical (unpaired) electrons. The van der Waals surface area contributed by atoms with Gasteiger partial charge in [0.1, 0.15) is 5.58 Å². The van der Waals surface area contributed by atoms with Crippen LogP contribution >= 0.6 is 11.3 Å². The van der Waals surface area contributed by atoms with E-state index in [2.05, 4.69) is 29.6 Å². The van der Waals surface area contributed by atoms with Crippen molar-refractivity contribution in [1.29, 1.82) is 0 Å². The van der Waals surface area contributed by atoms with E-state index in [9.17, 15) is 4.79 Å². The molecule has 0 atom stereocenters. The summed E-state index contributed by atoms with van der Waals surface area (Å²) < 4.78 is 5.67. The van der Waals surface area contributed by atoms with Crippen LogP contribution in [-0.2, 0) is 17.8 Å². The first kappa shape index (κ1) is 15.0. The number of carbonyl (C=O) groups is 1. The first-order chi connectivity index (χ1) is 11.7. The molecule has 0 spiro atoms. The summed E-state index contributed by atoms with van der Waals surface area (Å²) in [6.45, 7) is 0.638. The quantitative estimate of drug-likeness (QED) is 0.534. The number of rotatable bonds is 4. The molecule has 4 aromatic rings. The number of carbonyl (C=O) groups excluding carboxylic acids is 1. The van der Waals surface area contributed by atoms with Gasteiger partial charge in [0.25, 0.3) is 0 Å². The molecular formula is C20H17NO2S. The molecule has 0 aliphatic heterocycles. The number of hydrogen-bond donors (Lipinski definition) is 0. The Kier molecular flexibility index (Phi) is 3.82.